The van der Waals surface area contributed by atoms with Crippen LogP contribution in [-0.4, -0.2) is 46.0 Å². The van der Waals surface area contributed by atoms with Crippen molar-refractivity contribution in [3.05, 3.63) is 30.1 Å². The molecule has 1 saturated heterocycles. The second-order valence-corrected chi connectivity index (χ2v) is 8.70. The minimum absolute atomic E-state index is 0.209. The number of aromatic nitrogens is 2. The first-order valence-electron chi connectivity index (χ1n) is 11.1. The first-order chi connectivity index (χ1) is 13.7. The van der Waals surface area contributed by atoms with Crippen molar-refractivity contribution in [1.82, 2.24) is 19.8 Å². The molecule has 1 aliphatic heterocycles. The maximum Gasteiger partial charge on any atom is 0.223 e. The molecule has 0 bridgehead atoms. The molecule has 0 unspecified atom stereocenters. The van der Waals surface area contributed by atoms with Crippen molar-refractivity contribution in [2.24, 2.45) is 13.0 Å². The summed E-state index contributed by atoms with van der Waals surface area (Å²) in [6.07, 6.45) is 14.7. The quantitative estimate of drug-likeness (QED) is 0.803. The third-order valence-corrected chi connectivity index (χ3v) is 6.67. The number of carbonyl (C=O) groups is 1. The Bertz CT molecular complexity index is 783. The summed E-state index contributed by atoms with van der Waals surface area (Å²) < 4.78 is 2.12. The molecule has 4 rings (SSSR count). The number of nitrogens with one attached hydrogen (secondary N) is 1. The van der Waals surface area contributed by atoms with Gasteiger partial charge in [-0.25, -0.2) is 4.98 Å². The van der Waals surface area contributed by atoms with E-state index in [1.165, 1.54) is 49.5 Å². The van der Waals surface area contributed by atoms with Crippen LogP contribution in [0.1, 0.15) is 56.9 Å². The summed E-state index contributed by atoms with van der Waals surface area (Å²) in [5.74, 6) is 0.521. The van der Waals surface area contributed by atoms with Crippen LogP contribution in [0.3, 0.4) is 0 Å². The summed E-state index contributed by atoms with van der Waals surface area (Å²) in [7, 11) is 2.07. The van der Waals surface area contributed by atoms with E-state index in [1.54, 1.807) is 0 Å². The largest absolute Gasteiger partial charge is 0.353 e. The zero-order chi connectivity index (χ0) is 19.3. The van der Waals surface area contributed by atoms with E-state index in [1.807, 2.05) is 12.3 Å². The highest BCUT2D eigenvalue weighted by Crippen LogP contribution is 2.23. The molecule has 0 spiro atoms. The third-order valence-electron chi connectivity index (χ3n) is 6.67. The van der Waals surface area contributed by atoms with Gasteiger partial charge in [0.1, 0.15) is 5.65 Å². The van der Waals surface area contributed by atoms with Gasteiger partial charge >= 0.3 is 0 Å². The number of pyridine rings is 1. The van der Waals surface area contributed by atoms with Crippen LogP contribution in [0.15, 0.2) is 24.5 Å². The summed E-state index contributed by atoms with van der Waals surface area (Å²) in [5, 5.41) is 4.62. The van der Waals surface area contributed by atoms with Crippen molar-refractivity contribution in [3.8, 4) is 0 Å². The van der Waals surface area contributed by atoms with Crippen molar-refractivity contribution in [2.75, 3.05) is 19.6 Å². The average Bonchev–Trinajstić information content (AvgIpc) is 2.87. The lowest BCUT2D eigenvalue weighted by molar-refractivity contribution is -0.127. The van der Waals surface area contributed by atoms with Gasteiger partial charge < -0.3 is 14.8 Å². The lowest BCUT2D eigenvalue weighted by Crippen LogP contribution is -2.44. The number of fused-ring (bicyclic) bond motifs is 1. The van der Waals surface area contributed by atoms with Gasteiger partial charge in [0, 0.05) is 43.3 Å². The van der Waals surface area contributed by atoms with Crippen LogP contribution < -0.4 is 5.32 Å². The molecule has 3 heterocycles. The molecule has 28 heavy (non-hydrogen) atoms. The van der Waals surface area contributed by atoms with Crippen molar-refractivity contribution in [1.29, 1.82) is 0 Å². The topological polar surface area (TPSA) is 50.2 Å². The maximum atomic E-state index is 12.7. The Balaban J connectivity index is 1.24. The van der Waals surface area contributed by atoms with E-state index < -0.39 is 0 Å². The normalized spacial score (nSPS) is 20.3. The van der Waals surface area contributed by atoms with Crippen molar-refractivity contribution in [2.45, 2.75) is 63.8 Å². The molecule has 1 aliphatic carbocycles. The van der Waals surface area contributed by atoms with Crippen LogP contribution in [0.2, 0.25) is 0 Å². The van der Waals surface area contributed by atoms with Gasteiger partial charge in [-0.1, -0.05) is 25.7 Å². The molecule has 1 saturated carbocycles. The molecular weight excluding hydrogens is 348 g/mol. The molecule has 1 N–H and O–H groups in total. The predicted octanol–water partition coefficient (Wildman–Crippen LogP) is 3.67. The Labute approximate surface area is 168 Å². The van der Waals surface area contributed by atoms with Gasteiger partial charge in [0.25, 0.3) is 0 Å². The zero-order valence-corrected chi connectivity index (χ0v) is 17.2. The molecule has 5 nitrogen and oxygen atoms in total. The number of piperidine rings is 1. The highest BCUT2D eigenvalue weighted by atomic mass is 16.1. The van der Waals surface area contributed by atoms with Crippen LogP contribution in [0.4, 0.5) is 0 Å². The first-order valence-corrected chi connectivity index (χ1v) is 11.1. The Kier molecular flexibility index (Phi) is 6.30. The molecule has 0 radical (unpaired) electrons. The Morgan fingerprint density at radius 2 is 1.89 bits per heavy atom. The second kappa shape index (κ2) is 9.08. The fourth-order valence-electron chi connectivity index (χ4n) is 4.93. The average molecular weight is 383 g/mol. The molecule has 152 valence electrons. The molecule has 0 aromatic carbocycles. The van der Waals surface area contributed by atoms with Gasteiger partial charge in [-0.05, 0) is 62.9 Å². The molecular formula is C23H34N4O. The van der Waals surface area contributed by atoms with Gasteiger partial charge in [-0.3, -0.25) is 4.79 Å². The summed E-state index contributed by atoms with van der Waals surface area (Å²) in [4.78, 5) is 19.7. The van der Waals surface area contributed by atoms with Gasteiger partial charge in [-0.15, -0.1) is 0 Å². The highest BCUT2D eigenvalue weighted by molar-refractivity contribution is 5.80. The van der Waals surface area contributed by atoms with E-state index in [0.29, 0.717) is 11.9 Å². The number of rotatable bonds is 5. The number of hydrogen-bond donors (Lipinski definition) is 1. The Morgan fingerprint density at radius 1 is 1.14 bits per heavy atom. The van der Waals surface area contributed by atoms with Crippen LogP contribution >= 0.6 is 0 Å². The molecule has 5 heteroatoms. The van der Waals surface area contributed by atoms with Crippen molar-refractivity contribution >= 4 is 16.9 Å². The SMILES string of the molecule is Cn1cc(CCN2CCC(C(=O)NC3CCCCCC3)CC2)c2cccnc21. The lowest BCUT2D eigenvalue weighted by atomic mass is 9.94. The van der Waals surface area contributed by atoms with Crippen LogP contribution in [0, 0.1) is 5.92 Å². The standard InChI is InChI=1S/C23H34N4O/c1-26-17-19(21-9-6-13-24-22(21)26)12-16-27-14-10-18(11-15-27)23(28)25-20-7-4-2-3-5-8-20/h6,9,13,17-18,20H,2-5,7-8,10-12,14-16H2,1H3,(H,25,28). The summed E-state index contributed by atoms with van der Waals surface area (Å²) in [5.41, 5.74) is 2.44. The van der Waals surface area contributed by atoms with Crippen molar-refractivity contribution in [3.63, 3.8) is 0 Å². The minimum Gasteiger partial charge on any atom is -0.353 e. The second-order valence-electron chi connectivity index (χ2n) is 8.70. The van der Waals surface area contributed by atoms with Crippen LogP contribution in [0.25, 0.3) is 11.0 Å². The molecule has 2 fully saturated rings. The number of likely N-dealkylation sites (tertiary alicyclic amines) is 1. The lowest BCUT2D eigenvalue weighted by Gasteiger charge is -2.32. The molecule has 1 amide bonds. The fraction of sp³-hybridized carbons (Fsp3) is 0.652. The minimum atomic E-state index is 0.209. The van der Waals surface area contributed by atoms with E-state index in [0.717, 1.165) is 44.5 Å². The third kappa shape index (κ3) is 4.57. The van der Waals surface area contributed by atoms with Gasteiger partial charge in [-0.2, -0.15) is 0 Å². The van der Waals surface area contributed by atoms with E-state index in [4.69, 9.17) is 0 Å². The van der Waals surface area contributed by atoms with Gasteiger partial charge in [0.15, 0.2) is 0 Å². The Hall–Kier alpha value is -1.88. The number of hydrogen-bond acceptors (Lipinski definition) is 3. The molecule has 0 atom stereocenters. The van der Waals surface area contributed by atoms with E-state index >= 15 is 0 Å². The van der Waals surface area contributed by atoms with Crippen LogP contribution in [0.5, 0.6) is 0 Å². The smallest absolute Gasteiger partial charge is 0.223 e. The van der Waals surface area contributed by atoms with Gasteiger partial charge in [0.2, 0.25) is 5.91 Å². The van der Waals surface area contributed by atoms with Gasteiger partial charge in [0.05, 0.1) is 0 Å². The summed E-state index contributed by atoms with van der Waals surface area (Å²) in [6, 6.07) is 4.61. The number of aryl methyl sites for hydroxylation is 1. The Morgan fingerprint density at radius 3 is 2.64 bits per heavy atom. The van der Waals surface area contributed by atoms with E-state index in [9.17, 15) is 4.79 Å². The number of amides is 1. The molecule has 2 aliphatic rings. The zero-order valence-electron chi connectivity index (χ0n) is 17.2. The number of carbonyl (C=O) groups excluding carboxylic acids is 1. The highest BCUT2D eigenvalue weighted by Gasteiger charge is 2.26. The molecule has 2 aromatic rings. The predicted molar refractivity (Wildman–Crippen MR) is 113 cm³/mol. The van der Waals surface area contributed by atoms with E-state index in [2.05, 4.69) is 39.1 Å². The number of nitrogens with zero attached hydrogens (tertiary/aromatic N) is 3. The maximum absolute atomic E-state index is 12.7. The summed E-state index contributed by atoms with van der Waals surface area (Å²) >= 11 is 0. The molecule has 2 aromatic heterocycles. The fourth-order valence-corrected chi connectivity index (χ4v) is 4.93. The van der Waals surface area contributed by atoms with E-state index in [-0.39, 0.29) is 5.92 Å². The van der Waals surface area contributed by atoms with Crippen molar-refractivity contribution < 1.29 is 4.79 Å². The first kappa shape index (κ1) is 19.4. The monoisotopic (exact) mass is 382 g/mol. The van der Waals surface area contributed by atoms with Crippen LogP contribution in [-0.2, 0) is 18.3 Å². The summed E-state index contributed by atoms with van der Waals surface area (Å²) in [6.45, 7) is 3.13.